The Morgan fingerprint density at radius 3 is 2.81 bits per heavy atom. The molecule has 0 amide bonds. The Morgan fingerprint density at radius 1 is 1.44 bits per heavy atom. The van der Waals surface area contributed by atoms with E-state index in [0.717, 1.165) is 29.8 Å². The van der Waals surface area contributed by atoms with Crippen LogP contribution in [0.5, 0.6) is 0 Å². The molecule has 0 bridgehead atoms. The Morgan fingerprint density at radius 2 is 2.25 bits per heavy atom. The number of aromatic nitrogens is 2. The Labute approximate surface area is 105 Å². The molecule has 0 atom stereocenters. The van der Waals surface area contributed by atoms with Gasteiger partial charge in [0.2, 0.25) is 0 Å². The minimum Gasteiger partial charge on any atom is -0.353 e. The zero-order valence-corrected chi connectivity index (χ0v) is 11.3. The lowest BCUT2D eigenvalue weighted by Crippen LogP contribution is -2.42. The van der Waals surface area contributed by atoms with Gasteiger partial charge in [-0.05, 0) is 25.7 Å². The van der Waals surface area contributed by atoms with Crippen molar-refractivity contribution in [3.8, 4) is 0 Å². The molecule has 1 fully saturated rings. The molecule has 0 spiro atoms. The fourth-order valence-corrected chi connectivity index (χ4v) is 2.39. The number of anilines is 1. The molecule has 1 aliphatic rings. The van der Waals surface area contributed by atoms with Crippen LogP contribution in [-0.2, 0) is 6.42 Å². The Kier molecular flexibility index (Phi) is 4.16. The van der Waals surface area contributed by atoms with Crippen molar-refractivity contribution in [3.05, 3.63) is 18.1 Å². The van der Waals surface area contributed by atoms with Crippen molar-refractivity contribution in [3.63, 3.8) is 0 Å². The highest BCUT2D eigenvalue weighted by atomic mass is 79.9. The van der Waals surface area contributed by atoms with Crippen LogP contribution in [0.2, 0.25) is 0 Å². The fraction of sp³-hybridized carbons (Fsp3) is 0.667. The van der Waals surface area contributed by atoms with E-state index in [1.807, 2.05) is 0 Å². The molecule has 0 saturated heterocycles. The highest BCUT2D eigenvalue weighted by Gasteiger charge is 2.25. The predicted molar refractivity (Wildman–Crippen MR) is 70.2 cm³/mol. The average Bonchev–Trinajstić information content (AvgIpc) is 2.26. The Balaban J connectivity index is 2.16. The third-order valence-corrected chi connectivity index (χ3v) is 3.56. The molecule has 0 unspecified atom stereocenters. The second kappa shape index (κ2) is 5.62. The maximum atomic E-state index is 4.40. The lowest BCUT2D eigenvalue weighted by molar-refractivity contribution is 0.389. The van der Waals surface area contributed by atoms with Gasteiger partial charge in [-0.25, -0.2) is 9.97 Å². The average molecular weight is 284 g/mol. The van der Waals surface area contributed by atoms with Gasteiger partial charge in [0.15, 0.2) is 0 Å². The lowest BCUT2D eigenvalue weighted by Gasteiger charge is -2.38. The standard InChI is InChI=1S/C12H18BrN3/c1-2-10-8-12(15-9-14-10)16(7-6-13)11-4-3-5-11/h8-9,11H,2-7H2,1H3. The molecule has 1 heterocycles. The summed E-state index contributed by atoms with van der Waals surface area (Å²) in [6.45, 7) is 3.16. The minimum atomic E-state index is 0.692. The number of halogens is 1. The van der Waals surface area contributed by atoms with Crippen molar-refractivity contribution in [1.82, 2.24) is 9.97 Å². The number of aryl methyl sites for hydroxylation is 1. The number of hydrogen-bond donors (Lipinski definition) is 0. The summed E-state index contributed by atoms with van der Waals surface area (Å²) in [5, 5.41) is 0.995. The van der Waals surface area contributed by atoms with E-state index in [1.165, 1.54) is 19.3 Å². The molecule has 1 saturated carbocycles. The van der Waals surface area contributed by atoms with E-state index in [-0.39, 0.29) is 0 Å². The van der Waals surface area contributed by atoms with Gasteiger partial charge in [-0.15, -0.1) is 0 Å². The van der Waals surface area contributed by atoms with Gasteiger partial charge in [-0.3, -0.25) is 0 Å². The second-order valence-electron chi connectivity index (χ2n) is 4.19. The molecule has 16 heavy (non-hydrogen) atoms. The first kappa shape index (κ1) is 11.8. The van der Waals surface area contributed by atoms with Gasteiger partial charge >= 0.3 is 0 Å². The number of hydrogen-bond acceptors (Lipinski definition) is 3. The van der Waals surface area contributed by atoms with Crippen LogP contribution in [0.3, 0.4) is 0 Å². The molecular formula is C12H18BrN3. The van der Waals surface area contributed by atoms with E-state index >= 15 is 0 Å². The van der Waals surface area contributed by atoms with Crippen LogP contribution < -0.4 is 4.90 Å². The Hall–Kier alpha value is -0.640. The van der Waals surface area contributed by atoms with E-state index in [4.69, 9.17) is 0 Å². The topological polar surface area (TPSA) is 29.0 Å². The van der Waals surface area contributed by atoms with Crippen LogP contribution in [-0.4, -0.2) is 27.9 Å². The van der Waals surface area contributed by atoms with Crippen LogP contribution >= 0.6 is 15.9 Å². The van der Waals surface area contributed by atoms with E-state index in [1.54, 1.807) is 6.33 Å². The molecule has 3 nitrogen and oxygen atoms in total. The second-order valence-corrected chi connectivity index (χ2v) is 4.98. The molecule has 0 aromatic carbocycles. The third-order valence-electron chi connectivity index (χ3n) is 3.21. The van der Waals surface area contributed by atoms with Crippen LogP contribution in [0.25, 0.3) is 0 Å². The summed E-state index contributed by atoms with van der Waals surface area (Å²) >= 11 is 3.52. The first-order chi connectivity index (χ1) is 7.85. The molecule has 4 heteroatoms. The Bertz CT molecular complexity index is 339. The van der Waals surface area contributed by atoms with Crippen molar-refractivity contribution >= 4 is 21.7 Å². The smallest absolute Gasteiger partial charge is 0.132 e. The molecular weight excluding hydrogens is 266 g/mol. The molecule has 0 N–H and O–H groups in total. The van der Waals surface area contributed by atoms with Crippen LogP contribution in [0, 0.1) is 0 Å². The summed E-state index contributed by atoms with van der Waals surface area (Å²) < 4.78 is 0. The van der Waals surface area contributed by atoms with Crippen molar-refractivity contribution in [2.45, 2.75) is 38.6 Å². The molecule has 88 valence electrons. The van der Waals surface area contributed by atoms with Crippen molar-refractivity contribution < 1.29 is 0 Å². The first-order valence-corrected chi connectivity index (χ1v) is 7.10. The summed E-state index contributed by atoms with van der Waals surface area (Å²) in [5.74, 6) is 1.09. The lowest BCUT2D eigenvalue weighted by atomic mass is 9.91. The molecule has 2 rings (SSSR count). The molecule has 1 aromatic heterocycles. The summed E-state index contributed by atoms with van der Waals surface area (Å²) in [6, 6.07) is 2.82. The summed E-state index contributed by atoms with van der Waals surface area (Å²) in [4.78, 5) is 11.1. The molecule has 1 aliphatic carbocycles. The minimum absolute atomic E-state index is 0.692. The maximum absolute atomic E-state index is 4.40. The van der Waals surface area contributed by atoms with E-state index in [0.29, 0.717) is 6.04 Å². The molecule has 0 aliphatic heterocycles. The first-order valence-electron chi connectivity index (χ1n) is 5.98. The van der Waals surface area contributed by atoms with Gasteiger partial charge in [-0.2, -0.15) is 0 Å². The van der Waals surface area contributed by atoms with Crippen molar-refractivity contribution in [2.75, 3.05) is 16.8 Å². The predicted octanol–water partition coefficient (Wildman–Crippen LogP) is 2.79. The number of rotatable bonds is 5. The van der Waals surface area contributed by atoms with Gasteiger partial charge in [-0.1, -0.05) is 22.9 Å². The van der Waals surface area contributed by atoms with Crippen LogP contribution in [0.15, 0.2) is 12.4 Å². The summed E-state index contributed by atoms with van der Waals surface area (Å²) in [5.41, 5.74) is 1.13. The SMILES string of the molecule is CCc1cc(N(CCBr)C2CCC2)ncn1. The van der Waals surface area contributed by atoms with E-state index in [2.05, 4.69) is 43.8 Å². The van der Waals surface area contributed by atoms with Crippen molar-refractivity contribution in [1.29, 1.82) is 0 Å². The number of alkyl halides is 1. The summed E-state index contributed by atoms with van der Waals surface area (Å²) in [6.07, 6.45) is 6.63. The van der Waals surface area contributed by atoms with E-state index < -0.39 is 0 Å². The van der Waals surface area contributed by atoms with Gasteiger partial charge in [0, 0.05) is 29.7 Å². The highest BCUT2D eigenvalue weighted by Crippen LogP contribution is 2.28. The van der Waals surface area contributed by atoms with Crippen LogP contribution in [0.1, 0.15) is 31.9 Å². The summed E-state index contributed by atoms with van der Waals surface area (Å²) in [7, 11) is 0. The molecule has 0 radical (unpaired) electrons. The van der Waals surface area contributed by atoms with Crippen molar-refractivity contribution in [2.24, 2.45) is 0 Å². The van der Waals surface area contributed by atoms with Gasteiger partial charge in [0.25, 0.3) is 0 Å². The molecule has 1 aromatic rings. The van der Waals surface area contributed by atoms with Gasteiger partial charge in [0.05, 0.1) is 0 Å². The highest BCUT2D eigenvalue weighted by molar-refractivity contribution is 9.09. The quantitative estimate of drug-likeness (QED) is 0.779. The fourth-order valence-electron chi connectivity index (χ4n) is 2.01. The van der Waals surface area contributed by atoms with Gasteiger partial charge in [0.1, 0.15) is 12.1 Å². The van der Waals surface area contributed by atoms with Crippen LogP contribution in [0.4, 0.5) is 5.82 Å². The zero-order valence-electron chi connectivity index (χ0n) is 9.69. The zero-order chi connectivity index (χ0) is 11.4. The third kappa shape index (κ3) is 2.54. The maximum Gasteiger partial charge on any atom is 0.132 e. The normalized spacial score (nSPS) is 15.9. The largest absolute Gasteiger partial charge is 0.353 e. The monoisotopic (exact) mass is 283 g/mol. The number of nitrogens with zero attached hydrogens (tertiary/aromatic N) is 3. The van der Waals surface area contributed by atoms with E-state index in [9.17, 15) is 0 Å². The van der Waals surface area contributed by atoms with Gasteiger partial charge < -0.3 is 4.90 Å².